The molecule has 0 aliphatic carbocycles. The van der Waals surface area contributed by atoms with Gasteiger partial charge in [0.05, 0.1) is 0 Å². The Labute approximate surface area is 197 Å². The van der Waals surface area contributed by atoms with Gasteiger partial charge in [-0.15, -0.1) is 0 Å². The summed E-state index contributed by atoms with van der Waals surface area (Å²) in [7, 11) is 1.76. The largest absolute Gasteiger partial charge is 0.337 e. The number of benzene rings is 3. The van der Waals surface area contributed by atoms with Crippen LogP contribution in [0.1, 0.15) is 21.5 Å². The molecular formula is C25H22ClN3O2S. The van der Waals surface area contributed by atoms with Gasteiger partial charge in [-0.1, -0.05) is 60.1 Å². The van der Waals surface area contributed by atoms with Crippen LogP contribution in [0.2, 0.25) is 5.02 Å². The number of anilines is 1. The first-order valence-electron chi connectivity index (χ1n) is 9.86. The summed E-state index contributed by atoms with van der Waals surface area (Å²) in [4.78, 5) is 26.5. The average Bonchev–Trinajstić information content (AvgIpc) is 2.79. The first-order chi connectivity index (χ1) is 15.4. The van der Waals surface area contributed by atoms with E-state index in [-0.39, 0.29) is 16.9 Å². The summed E-state index contributed by atoms with van der Waals surface area (Å²) < 4.78 is 0. The van der Waals surface area contributed by atoms with E-state index >= 15 is 0 Å². The van der Waals surface area contributed by atoms with E-state index in [1.165, 1.54) is 6.08 Å². The third kappa shape index (κ3) is 7.04. The zero-order valence-corrected chi connectivity index (χ0v) is 19.0. The van der Waals surface area contributed by atoms with E-state index in [0.717, 1.165) is 11.1 Å². The Balaban J connectivity index is 1.56. The van der Waals surface area contributed by atoms with E-state index < -0.39 is 0 Å². The molecule has 0 heterocycles. The maximum atomic E-state index is 12.8. The van der Waals surface area contributed by atoms with Gasteiger partial charge in [0, 0.05) is 35.9 Å². The number of thiocarbonyl (C=S) groups is 1. The second-order valence-corrected chi connectivity index (χ2v) is 7.90. The van der Waals surface area contributed by atoms with Gasteiger partial charge in [0.2, 0.25) is 5.91 Å². The molecule has 0 aliphatic rings. The number of rotatable bonds is 6. The minimum atomic E-state index is -0.368. The molecular weight excluding hydrogens is 442 g/mol. The van der Waals surface area contributed by atoms with Crippen LogP contribution in [0, 0.1) is 0 Å². The summed E-state index contributed by atoms with van der Waals surface area (Å²) in [5.41, 5.74) is 3.02. The molecule has 0 saturated carbocycles. The lowest BCUT2D eigenvalue weighted by atomic mass is 10.1. The van der Waals surface area contributed by atoms with E-state index in [9.17, 15) is 9.59 Å². The third-order valence-corrected chi connectivity index (χ3v) is 4.97. The van der Waals surface area contributed by atoms with Crippen LogP contribution in [0.4, 0.5) is 5.69 Å². The van der Waals surface area contributed by atoms with Crippen LogP contribution in [0.15, 0.2) is 84.9 Å². The highest BCUT2D eigenvalue weighted by Crippen LogP contribution is 2.14. The van der Waals surface area contributed by atoms with E-state index in [2.05, 4.69) is 10.6 Å². The maximum Gasteiger partial charge on any atom is 0.253 e. The first kappa shape index (κ1) is 23.2. The lowest BCUT2D eigenvalue weighted by molar-refractivity contribution is -0.115. The van der Waals surface area contributed by atoms with Gasteiger partial charge in [-0.05, 0) is 59.8 Å². The topological polar surface area (TPSA) is 61.4 Å². The van der Waals surface area contributed by atoms with E-state index in [1.54, 1.807) is 66.6 Å². The Morgan fingerprint density at radius 1 is 1.00 bits per heavy atom. The van der Waals surface area contributed by atoms with Crippen LogP contribution in [-0.4, -0.2) is 28.9 Å². The predicted molar refractivity (Wildman–Crippen MR) is 134 cm³/mol. The summed E-state index contributed by atoms with van der Waals surface area (Å²) in [5, 5.41) is 6.29. The minimum absolute atomic E-state index is 0.113. The smallest absolute Gasteiger partial charge is 0.253 e. The third-order valence-electron chi connectivity index (χ3n) is 4.51. The molecule has 0 radical (unpaired) electrons. The lowest BCUT2D eigenvalue weighted by Crippen LogP contribution is -2.33. The zero-order valence-electron chi connectivity index (χ0n) is 17.4. The van der Waals surface area contributed by atoms with Crippen molar-refractivity contribution in [3.05, 3.63) is 107 Å². The molecule has 0 spiro atoms. The molecule has 0 fully saturated rings. The van der Waals surface area contributed by atoms with E-state index in [1.807, 2.05) is 30.3 Å². The van der Waals surface area contributed by atoms with Crippen LogP contribution in [0.25, 0.3) is 6.08 Å². The summed E-state index contributed by atoms with van der Waals surface area (Å²) in [6, 6.07) is 23.9. The molecule has 162 valence electrons. The van der Waals surface area contributed by atoms with Crippen LogP contribution in [-0.2, 0) is 11.3 Å². The maximum absolute atomic E-state index is 12.8. The Kier molecular flexibility index (Phi) is 8.14. The molecule has 2 amide bonds. The summed E-state index contributed by atoms with van der Waals surface area (Å²) in [6.45, 7) is 0.506. The van der Waals surface area contributed by atoms with Crippen LogP contribution < -0.4 is 10.6 Å². The molecule has 0 unspecified atom stereocenters. The van der Waals surface area contributed by atoms with Gasteiger partial charge in [0.1, 0.15) is 0 Å². The molecule has 2 N–H and O–H groups in total. The number of hydrogen-bond acceptors (Lipinski definition) is 3. The predicted octanol–water partition coefficient (Wildman–Crippen LogP) is 5.14. The molecule has 3 aromatic carbocycles. The number of amides is 2. The molecule has 3 rings (SSSR count). The SMILES string of the molecule is CN(Cc1ccccc1)C(=O)c1cccc(NC(=S)NC(=O)/C=C/c2ccc(Cl)cc2)c1. The van der Waals surface area contributed by atoms with Crippen molar-refractivity contribution >= 4 is 52.5 Å². The Hall–Kier alpha value is -3.48. The van der Waals surface area contributed by atoms with Gasteiger partial charge in [-0.25, -0.2) is 0 Å². The molecule has 7 heteroatoms. The van der Waals surface area contributed by atoms with Gasteiger partial charge < -0.3 is 10.2 Å². The summed E-state index contributed by atoms with van der Waals surface area (Å²) in [5.74, 6) is -0.481. The molecule has 32 heavy (non-hydrogen) atoms. The van der Waals surface area contributed by atoms with Crippen molar-refractivity contribution in [2.45, 2.75) is 6.54 Å². The second-order valence-electron chi connectivity index (χ2n) is 7.06. The number of carbonyl (C=O) groups excluding carboxylic acids is 2. The molecule has 3 aromatic rings. The quantitative estimate of drug-likeness (QED) is 0.392. The van der Waals surface area contributed by atoms with Crippen molar-refractivity contribution < 1.29 is 9.59 Å². The molecule has 0 saturated heterocycles. The van der Waals surface area contributed by atoms with Gasteiger partial charge in [-0.2, -0.15) is 0 Å². The molecule has 0 aliphatic heterocycles. The van der Waals surface area contributed by atoms with Crippen molar-refractivity contribution in [3.8, 4) is 0 Å². The molecule has 0 bridgehead atoms. The number of nitrogens with zero attached hydrogens (tertiary/aromatic N) is 1. The van der Waals surface area contributed by atoms with Crippen molar-refractivity contribution in [1.82, 2.24) is 10.2 Å². The summed E-state index contributed by atoms with van der Waals surface area (Å²) >= 11 is 11.1. The van der Waals surface area contributed by atoms with Gasteiger partial charge in [0.15, 0.2) is 5.11 Å². The first-order valence-corrected chi connectivity index (χ1v) is 10.6. The number of nitrogens with one attached hydrogen (secondary N) is 2. The second kappa shape index (κ2) is 11.2. The number of halogens is 1. The van der Waals surface area contributed by atoms with Crippen LogP contribution in [0.3, 0.4) is 0 Å². The Morgan fingerprint density at radius 3 is 2.44 bits per heavy atom. The highest BCUT2D eigenvalue weighted by molar-refractivity contribution is 7.80. The van der Waals surface area contributed by atoms with Crippen molar-refractivity contribution in [2.75, 3.05) is 12.4 Å². The fourth-order valence-corrected chi connectivity index (χ4v) is 3.29. The molecule has 0 atom stereocenters. The number of hydrogen-bond donors (Lipinski definition) is 2. The fourth-order valence-electron chi connectivity index (χ4n) is 2.94. The lowest BCUT2D eigenvalue weighted by Gasteiger charge is -2.18. The van der Waals surface area contributed by atoms with Crippen LogP contribution in [0.5, 0.6) is 0 Å². The monoisotopic (exact) mass is 463 g/mol. The Morgan fingerprint density at radius 2 is 1.72 bits per heavy atom. The highest BCUT2D eigenvalue weighted by atomic mass is 35.5. The van der Waals surface area contributed by atoms with Crippen molar-refractivity contribution in [3.63, 3.8) is 0 Å². The fraction of sp³-hybridized carbons (Fsp3) is 0.0800. The Bertz CT molecular complexity index is 1130. The van der Waals surface area contributed by atoms with Gasteiger partial charge in [-0.3, -0.25) is 14.9 Å². The standard InChI is InChI=1S/C25H22ClN3O2S/c1-29(17-19-6-3-2-4-7-19)24(31)20-8-5-9-22(16-20)27-25(32)28-23(30)15-12-18-10-13-21(26)14-11-18/h2-16H,17H2,1H3,(H2,27,28,30,32)/b15-12+. The normalized spacial score (nSPS) is 10.6. The van der Waals surface area contributed by atoms with E-state index in [4.69, 9.17) is 23.8 Å². The van der Waals surface area contributed by atoms with E-state index in [0.29, 0.717) is 22.8 Å². The van der Waals surface area contributed by atoms with Gasteiger partial charge in [0.25, 0.3) is 5.91 Å². The zero-order chi connectivity index (χ0) is 22.9. The minimum Gasteiger partial charge on any atom is -0.337 e. The van der Waals surface area contributed by atoms with Crippen molar-refractivity contribution in [1.29, 1.82) is 0 Å². The molecule has 0 aromatic heterocycles. The van der Waals surface area contributed by atoms with Crippen LogP contribution >= 0.6 is 23.8 Å². The molecule has 5 nitrogen and oxygen atoms in total. The number of carbonyl (C=O) groups is 2. The highest BCUT2D eigenvalue weighted by Gasteiger charge is 2.13. The van der Waals surface area contributed by atoms with Gasteiger partial charge >= 0.3 is 0 Å². The van der Waals surface area contributed by atoms with Crippen molar-refractivity contribution in [2.24, 2.45) is 0 Å². The average molecular weight is 464 g/mol. The summed E-state index contributed by atoms with van der Waals surface area (Å²) in [6.07, 6.45) is 3.05.